The van der Waals surface area contributed by atoms with Crippen LogP contribution in [0.25, 0.3) is 11.0 Å². The van der Waals surface area contributed by atoms with Crippen molar-refractivity contribution >= 4 is 16.9 Å². The van der Waals surface area contributed by atoms with Gasteiger partial charge >= 0.3 is 0 Å². The first-order chi connectivity index (χ1) is 13.7. The number of aromatic nitrogens is 2. The van der Waals surface area contributed by atoms with Gasteiger partial charge in [-0.05, 0) is 31.0 Å². The van der Waals surface area contributed by atoms with Crippen molar-refractivity contribution in [1.29, 1.82) is 0 Å². The van der Waals surface area contributed by atoms with E-state index in [0.29, 0.717) is 0 Å². The zero-order valence-electron chi connectivity index (χ0n) is 16.6. The Morgan fingerprint density at radius 2 is 1.86 bits per heavy atom. The van der Waals surface area contributed by atoms with Gasteiger partial charge in [-0.2, -0.15) is 0 Å². The molecule has 1 aliphatic carbocycles. The number of para-hydroxylation sites is 3. The number of ether oxygens (including phenoxy) is 1. The van der Waals surface area contributed by atoms with Crippen molar-refractivity contribution in [1.82, 2.24) is 14.9 Å². The van der Waals surface area contributed by atoms with Crippen LogP contribution in [0.5, 0.6) is 5.75 Å². The Kier molecular flexibility index (Phi) is 5.07. The number of amides is 1. The minimum absolute atomic E-state index is 0.0191. The molecule has 0 atom stereocenters. The number of carbonyl (C=O) groups is 1. The molecule has 1 aromatic heterocycles. The van der Waals surface area contributed by atoms with Crippen molar-refractivity contribution in [2.45, 2.75) is 51.1 Å². The quantitative estimate of drug-likeness (QED) is 0.701. The molecule has 0 spiro atoms. The highest BCUT2D eigenvalue weighted by atomic mass is 16.5. The van der Waals surface area contributed by atoms with Crippen LogP contribution in [0.4, 0.5) is 0 Å². The minimum Gasteiger partial charge on any atom is -0.496 e. The predicted molar refractivity (Wildman–Crippen MR) is 110 cm³/mol. The van der Waals surface area contributed by atoms with Crippen molar-refractivity contribution in [2.24, 2.45) is 0 Å². The second kappa shape index (κ2) is 7.66. The number of hydrogen-bond donors (Lipinski definition) is 1. The van der Waals surface area contributed by atoms with E-state index in [1.54, 1.807) is 7.11 Å². The third-order valence-corrected chi connectivity index (χ3v) is 5.81. The molecule has 0 aliphatic heterocycles. The summed E-state index contributed by atoms with van der Waals surface area (Å²) in [7, 11) is 1.69. The second-order valence-electron chi connectivity index (χ2n) is 7.49. The van der Waals surface area contributed by atoms with Crippen LogP contribution in [0.3, 0.4) is 0 Å². The second-order valence-corrected chi connectivity index (χ2v) is 7.49. The average molecular weight is 377 g/mol. The minimum atomic E-state index is -0.355. The van der Waals surface area contributed by atoms with Gasteiger partial charge in [0.1, 0.15) is 18.1 Å². The molecule has 1 heterocycles. The van der Waals surface area contributed by atoms with E-state index in [9.17, 15) is 4.79 Å². The summed E-state index contributed by atoms with van der Waals surface area (Å²) in [4.78, 5) is 17.8. The summed E-state index contributed by atoms with van der Waals surface area (Å²) >= 11 is 0. The molecular weight excluding hydrogens is 350 g/mol. The molecule has 1 amide bonds. The van der Waals surface area contributed by atoms with E-state index in [1.807, 2.05) is 47.0 Å². The van der Waals surface area contributed by atoms with Gasteiger partial charge in [0.25, 0.3) is 0 Å². The maximum atomic E-state index is 13.2. The molecule has 28 heavy (non-hydrogen) atoms. The van der Waals surface area contributed by atoms with Gasteiger partial charge in [-0.3, -0.25) is 4.79 Å². The topological polar surface area (TPSA) is 56.2 Å². The van der Waals surface area contributed by atoms with E-state index in [0.717, 1.165) is 60.3 Å². The molecule has 2 aromatic carbocycles. The molecule has 3 aromatic rings. The maximum Gasteiger partial charge on any atom is 0.240 e. The number of hydrogen-bond acceptors (Lipinski definition) is 3. The first kappa shape index (κ1) is 18.5. The summed E-state index contributed by atoms with van der Waals surface area (Å²) in [5, 5.41) is 3.37. The van der Waals surface area contributed by atoms with Gasteiger partial charge in [-0.25, -0.2) is 4.98 Å². The van der Waals surface area contributed by atoms with Crippen molar-refractivity contribution in [2.75, 3.05) is 7.11 Å². The smallest absolute Gasteiger partial charge is 0.240 e. The Morgan fingerprint density at radius 1 is 1.14 bits per heavy atom. The van der Waals surface area contributed by atoms with Gasteiger partial charge in [-0.1, -0.05) is 50.1 Å². The number of fused-ring (bicyclic) bond motifs is 1. The van der Waals surface area contributed by atoms with Crippen LogP contribution in [0.15, 0.2) is 48.5 Å². The van der Waals surface area contributed by atoms with Crippen LogP contribution in [0, 0.1) is 0 Å². The molecule has 5 nitrogen and oxygen atoms in total. The molecule has 0 unspecified atom stereocenters. The fourth-order valence-corrected chi connectivity index (χ4v) is 4.50. The third-order valence-electron chi connectivity index (χ3n) is 5.81. The van der Waals surface area contributed by atoms with Gasteiger partial charge in [0.05, 0.1) is 23.7 Å². The molecule has 0 radical (unpaired) electrons. The van der Waals surface area contributed by atoms with Crippen LogP contribution >= 0.6 is 0 Å². The number of aryl methyl sites for hydroxylation is 1. The molecule has 1 aliphatic rings. The summed E-state index contributed by atoms with van der Waals surface area (Å²) in [6, 6.07) is 16.0. The number of imidazole rings is 1. The van der Waals surface area contributed by atoms with E-state index in [-0.39, 0.29) is 18.0 Å². The summed E-state index contributed by atoms with van der Waals surface area (Å²) < 4.78 is 7.64. The van der Waals surface area contributed by atoms with E-state index in [1.165, 1.54) is 0 Å². The number of carbonyl (C=O) groups excluding carboxylic acids is 1. The van der Waals surface area contributed by atoms with Crippen LogP contribution in [0.2, 0.25) is 0 Å². The average Bonchev–Trinajstić information content (AvgIpc) is 3.33. The van der Waals surface area contributed by atoms with E-state index < -0.39 is 0 Å². The number of methoxy groups -OCH3 is 1. The molecular formula is C23H27N3O2. The fourth-order valence-electron chi connectivity index (χ4n) is 4.50. The number of benzene rings is 2. The van der Waals surface area contributed by atoms with Crippen LogP contribution < -0.4 is 10.1 Å². The van der Waals surface area contributed by atoms with Gasteiger partial charge < -0.3 is 14.6 Å². The molecule has 146 valence electrons. The Labute approximate surface area is 165 Å². The van der Waals surface area contributed by atoms with Crippen molar-refractivity contribution in [3.8, 4) is 5.75 Å². The van der Waals surface area contributed by atoms with E-state index in [2.05, 4.69) is 23.3 Å². The van der Waals surface area contributed by atoms with Gasteiger partial charge in [0.2, 0.25) is 5.91 Å². The zero-order chi connectivity index (χ0) is 19.6. The van der Waals surface area contributed by atoms with Crippen LogP contribution in [0.1, 0.15) is 44.0 Å². The molecule has 1 N–H and O–H groups in total. The van der Waals surface area contributed by atoms with Gasteiger partial charge in [0, 0.05) is 12.0 Å². The molecule has 1 saturated carbocycles. The summed E-state index contributed by atoms with van der Waals surface area (Å²) in [6.07, 6.45) is 4.87. The highest BCUT2D eigenvalue weighted by Gasteiger charge is 2.39. The van der Waals surface area contributed by atoms with Crippen molar-refractivity contribution in [3.63, 3.8) is 0 Å². The predicted octanol–water partition coefficient (Wildman–Crippen LogP) is 4.19. The zero-order valence-corrected chi connectivity index (χ0v) is 16.6. The Bertz CT molecular complexity index is 986. The third kappa shape index (κ3) is 3.26. The highest BCUT2D eigenvalue weighted by molar-refractivity contribution is 5.81. The fraction of sp³-hybridized carbons (Fsp3) is 0.391. The summed E-state index contributed by atoms with van der Waals surface area (Å²) in [5.74, 6) is 1.80. The number of nitrogens with one attached hydrogen (secondary N) is 1. The van der Waals surface area contributed by atoms with Gasteiger partial charge in [0.15, 0.2) is 0 Å². The first-order valence-electron chi connectivity index (χ1n) is 10.1. The lowest BCUT2D eigenvalue weighted by Crippen LogP contribution is -2.45. The summed E-state index contributed by atoms with van der Waals surface area (Å²) in [5.41, 5.74) is 2.67. The SMILES string of the molecule is CCc1nc2ccccc2n1CC(=O)NC1(c2ccccc2OC)CCCC1. The molecule has 0 bridgehead atoms. The van der Waals surface area contributed by atoms with Crippen LogP contribution in [-0.4, -0.2) is 22.6 Å². The Hall–Kier alpha value is -2.82. The lowest BCUT2D eigenvalue weighted by molar-refractivity contribution is -0.123. The number of nitrogens with zero attached hydrogens (tertiary/aromatic N) is 2. The largest absolute Gasteiger partial charge is 0.496 e. The molecule has 4 rings (SSSR count). The maximum absolute atomic E-state index is 13.2. The lowest BCUT2D eigenvalue weighted by Gasteiger charge is -2.32. The molecule has 5 heteroatoms. The van der Waals surface area contributed by atoms with Crippen LogP contribution in [-0.2, 0) is 23.3 Å². The van der Waals surface area contributed by atoms with E-state index >= 15 is 0 Å². The molecule has 1 fully saturated rings. The lowest BCUT2D eigenvalue weighted by atomic mass is 9.87. The first-order valence-corrected chi connectivity index (χ1v) is 10.1. The summed E-state index contributed by atoms with van der Waals surface area (Å²) in [6.45, 7) is 2.35. The van der Waals surface area contributed by atoms with Crippen molar-refractivity contribution < 1.29 is 9.53 Å². The Balaban J connectivity index is 1.64. The monoisotopic (exact) mass is 377 g/mol. The highest BCUT2D eigenvalue weighted by Crippen LogP contribution is 2.42. The normalized spacial score (nSPS) is 15.6. The number of rotatable bonds is 6. The van der Waals surface area contributed by atoms with Gasteiger partial charge in [-0.15, -0.1) is 0 Å². The molecule has 0 saturated heterocycles. The van der Waals surface area contributed by atoms with Crippen molar-refractivity contribution in [3.05, 3.63) is 59.9 Å². The standard InChI is InChI=1S/C23H27N3O2/c1-3-21-24-18-11-5-6-12-19(18)26(21)16-22(27)25-23(14-8-9-15-23)17-10-4-7-13-20(17)28-2/h4-7,10-13H,3,8-9,14-16H2,1-2H3,(H,25,27). The van der Waals surface area contributed by atoms with E-state index in [4.69, 9.17) is 4.74 Å². The Morgan fingerprint density at radius 3 is 2.61 bits per heavy atom.